The number of hydrogen-bond acceptors (Lipinski definition) is 6. The fraction of sp³-hybridized carbons (Fsp3) is 0.753. The molecule has 0 radical (unpaired) electrons. The highest BCUT2D eigenvalue weighted by molar-refractivity contribution is 5.71. The molecule has 6 heteroatoms. The first kappa shape index (κ1) is 79.3. The van der Waals surface area contributed by atoms with E-state index in [4.69, 9.17) is 14.2 Å². The monoisotopic (exact) mass is 1160 g/mol. The molecule has 0 aliphatic heterocycles. The topological polar surface area (TPSA) is 78.9 Å². The largest absolute Gasteiger partial charge is 0.462 e. The maximum Gasteiger partial charge on any atom is 0.306 e. The average molecular weight is 1160 g/mol. The molecule has 0 aromatic carbocycles. The molecule has 0 saturated carbocycles. The molecule has 0 aromatic heterocycles. The Kier molecular flexibility index (Phi) is 67.7. The number of allylic oxidation sites excluding steroid dienone is 16. The van der Waals surface area contributed by atoms with Crippen molar-refractivity contribution < 1.29 is 28.6 Å². The first-order chi connectivity index (χ1) is 41.0. The van der Waals surface area contributed by atoms with E-state index in [0.717, 1.165) is 116 Å². The lowest BCUT2D eigenvalue weighted by atomic mass is 10.0. The fourth-order valence-electron chi connectivity index (χ4n) is 10.2. The first-order valence-electron chi connectivity index (χ1n) is 35.7. The van der Waals surface area contributed by atoms with Crippen LogP contribution in [0.1, 0.15) is 355 Å². The third kappa shape index (κ3) is 69.0. The van der Waals surface area contributed by atoms with Gasteiger partial charge >= 0.3 is 17.9 Å². The summed E-state index contributed by atoms with van der Waals surface area (Å²) in [5.41, 5.74) is 0. The van der Waals surface area contributed by atoms with Gasteiger partial charge in [-0.15, -0.1) is 0 Å². The van der Waals surface area contributed by atoms with Crippen molar-refractivity contribution in [3.63, 3.8) is 0 Å². The Morgan fingerprint density at radius 2 is 0.470 bits per heavy atom. The number of carbonyl (C=O) groups is 3. The maximum atomic E-state index is 13.0. The van der Waals surface area contributed by atoms with Crippen molar-refractivity contribution in [1.29, 1.82) is 0 Å². The summed E-state index contributed by atoms with van der Waals surface area (Å²) in [6.07, 6.45) is 95.7. The second-order valence-electron chi connectivity index (χ2n) is 23.8. The lowest BCUT2D eigenvalue weighted by Gasteiger charge is -2.18. The standard InChI is InChI=1S/C77H134O6/c1-4-7-10-13-16-19-22-25-28-31-34-36-38-40-43-46-49-52-55-58-61-64-67-70-76(79)82-73-74(72-81-75(78)69-66-63-60-57-54-51-48-45-42-33-30-27-24-21-18-15-12-9-6-3)83-77(80)71-68-65-62-59-56-53-50-47-44-41-39-37-35-32-29-26-23-20-17-14-11-8-5-2/h7,10,16,18-19,21,25,27-28,30,34,36,40,42-43,45,74H,4-6,8-9,11-15,17,20,22-24,26,29,31-33,35,37-39,41,44,46-73H2,1-3H3/b10-7-,19-16-,21-18-,28-25-,30-27-,36-34-,43-40-,45-42-. The van der Waals surface area contributed by atoms with Crippen molar-refractivity contribution in [1.82, 2.24) is 0 Å². The van der Waals surface area contributed by atoms with Crippen molar-refractivity contribution in [2.45, 2.75) is 361 Å². The summed E-state index contributed by atoms with van der Waals surface area (Å²) in [7, 11) is 0. The molecule has 0 rings (SSSR count). The molecule has 478 valence electrons. The van der Waals surface area contributed by atoms with E-state index in [1.54, 1.807) is 0 Å². The number of carbonyl (C=O) groups excluding carboxylic acids is 3. The van der Waals surface area contributed by atoms with Gasteiger partial charge in [-0.05, 0) is 103 Å². The second-order valence-corrected chi connectivity index (χ2v) is 23.8. The van der Waals surface area contributed by atoms with Gasteiger partial charge in [0, 0.05) is 19.3 Å². The fourth-order valence-corrected chi connectivity index (χ4v) is 10.2. The van der Waals surface area contributed by atoms with E-state index in [-0.39, 0.29) is 31.1 Å². The Labute approximate surface area is 515 Å². The summed E-state index contributed by atoms with van der Waals surface area (Å²) in [5, 5.41) is 0. The summed E-state index contributed by atoms with van der Waals surface area (Å²) >= 11 is 0. The van der Waals surface area contributed by atoms with Crippen LogP contribution >= 0.6 is 0 Å². The molecule has 6 nitrogen and oxygen atoms in total. The molecule has 0 bridgehead atoms. The molecule has 1 unspecified atom stereocenters. The third-order valence-electron chi connectivity index (χ3n) is 15.6. The summed E-state index contributed by atoms with van der Waals surface area (Å²) in [5.74, 6) is -0.889. The van der Waals surface area contributed by atoms with Gasteiger partial charge in [-0.2, -0.15) is 0 Å². The number of hydrogen-bond donors (Lipinski definition) is 0. The van der Waals surface area contributed by atoms with E-state index < -0.39 is 6.10 Å². The van der Waals surface area contributed by atoms with E-state index in [1.165, 1.54) is 199 Å². The molecule has 83 heavy (non-hydrogen) atoms. The molecule has 0 spiro atoms. The van der Waals surface area contributed by atoms with Crippen molar-refractivity contribution in [2.24, 2.45) is 0 Å². The van der Waals surface area contributed by atoms with Gasteiger partial charge < -0.3 is 14.2 Å². The smallest absolute Gasteiger partial charge is 0.306 e. The van der Waals surface area contributed by atoms with Crippen LogP contribution in [0.5, 0.6) is 0 Å². The lowest BCUT2D eigenvalue weighted by molar-refractivity contribution is -0.167. The molecule has 0 aliphatic rings. The third-order valence-corrected chi connectivity index (χ3v) is 15.6. The predicted octanol–water partition coefficient (Wildman–Crippen LogP) is 24.8. The highest BCUT2D eigenvalue weighted by atomic mass is 16.6. The van der Waals surface area contributed by atoms with Crippen LogP contribution in [-0.4, -0.2) is 37.2 Å². The molecule has 0 aliphatic carbocycles. The van der Waals surface area contributed by atoms with Gasteiger partial charge in [-0.25, -0.2) is 0 Å². The Morgan fingerprint density at radius 1 is 0.253 bits per heavy atom. The molecule has 0 saturated heterocycles. The van der Waals surface area contributed by atoms with E-state index in [9.17, 15) is 14.4 Å². The van der Waals surface area contributed by atoms with Gasteiger partial charge in [0.25, 0.3) is 0 Å². The summed E-state index contributed by atoms with van der Waals surface area (Å²) in [6, 6.07) is 0. The number of ether oxygens (including phenoxy) is 3. The zero-order valence-electron chi connectivity index (χ0n) is 54.9. The van der Waals surface area contributed by atoms with Crippen molar-refractivity contribution in [3.05, 3.63) is 97.2 Å². The lowest BCUT2D eigenvalue weighted by Crippen LogP contribution is -2.30. The number of esters is 3. The quantitative estimate of drug-likeness (QED) is 0.0261. The van der Waals surface area contributed by atoms with Gasteiger partial charge in [0.05, 0.1) is 0 Å². The zero-order valence-corrected chi connectivity index (χ0v) is 54.9. The van der Waals surface area contributed by atoms with Crippen molar-refractivity contribution in [3.8, 4) is 0 Å². The van der Waals surface area contributed by atoms with Gasteiger partial charge in [0.1, 0.15) is 13.2 Å². The number of rotatable bonds is 65. The van der Waals surface area contributed by atoms with Crippen molar-refractivity contribution >= 4 is 17.9 Å². The van der Waals surface area contributed by atoms with E-state index >= 15 is 0 Å². The predicted molar refractivity (Wildman–Crippen MR) is 362 cm³/mol. The summed E-state index contributed by atoms with van der Waals surface area (Å²) in [6.45, 7) is 6.53. The minimum atomic E-state index is -0.790. The Morgan fingerprint density at radius 3 is 0.759 bits per heavy atom. The van der Waals surface area contributed by atoms with Gasteiger partial charge in [0.15, 0.2) is 6.10 Å². The van der Waals surface area contributed by atoms with Crippen LogP contribution in [0.2, 0.25) is 0 Å². The summed E-state index contributed by atoms with van der Waals surface area (Å²) in [4.78, 5) is 38.5. The van der Waals surface area contributed by atoms with E-state index in [2.05, 4.69) is 118 Å². The SMILES string of the molecule is CC/C=C\C/C=C\C/C=C\C/C=C\C/C=C\CCCCCCCCCC(=O)OCC(COC(=O)CCCCCCCC/C=C\C/C=C\C/C=C\CCCCC)OC(=O)CCCCCCCCCCCCCCCCCCCCCCCCC. The minimum Gasteiger partial charge on any atom is -0.462 e. The Bertz CT molecular complexity index is 1610. The Balaban J connectivity index is 4.40. The number of unbranched alkanes of at least 4 members (excludes halogenated alkanes) is 38. The highest BCUT2D eigenvalue weighted by Gasteiger charge is 2.19. The average Bonchev–Trinajstić information content (AvgIpc) is 3.49. The molecule has 0 N–H and O–H groups in total. The maximum absolute atomic E-state index is 13.0. The van der Waals surface area contributed by atoms with Crippen LogP contribution in [-0.2, 0) is 28.6 Å². The zero-order chi connectivity index (χ0) is 59.9. The van der Waals surface area contributed by atoms with E-state index in [1.807, 2.05) is 0 Å². The molecule has 0 heterocycles. The van der Waals surface area contributed by atoms with Crippen molar-refractivity contribution in [2.75, 3.05) is 13.2 Å². The van der Waals surface area contributed by atoms with Crippen LogP contribution in [0.25, 0.3) is 0 Å². The van der Waals surface area contributed by atoms with Crippen LogP contribution in [0.15, 0.2) is 97.2 Å². The minimum absolute atomic E-state index is 0.0854. The Hall–Kier alpha value is -3.67. The van der Waals surface area contributed by atoms with Crippen LogP contribution in [0, 0.1) is 0 Å². The normalized spacial score (nSPS) is 12.7. The molecule has 1 atom stereocenters. The van der Waals surface area contributed by atoms with Gasteiger partial charge in [-0.1, -0.05) is 330 Å². The molecule has 0 aromatic rings. The highest BCUT2D eigenvalue weighted by Crippen LogP contribution is 2.18. The van der Waals surface area contributed by atoms with E-state index in [0.29, 0.717) is 19.3 Å². The molecule has 0 fully saturated rings. The molecular weight excluding hydrogens is 1020 g/mol. The van der Waals surface area contributed by atoms with Crippen LogP contribution in [0.4, 0.5) is 0 Å². The van der Waals surface area contributed by atoms with Crippen LogP contribution < -0.4 is 0 Å². The summed E-state index contributed by atoms with van der Waals surface area (Å²) < 4.78 is 17.0. The van der Waals surface area contributed by atoms with Gasteiger partial charge in [0.2, 0.25) is 0 Å². The van der Waals surface area contributed by atoms with Gasteiger partial charge in [-0.3, -0.25) is 14.4 Å². The first-order valence-corrected chi connectivity index (χ1v) is 35.7. The second kappa shape index (κ2) is 70.8. The molecular formula is C77H134O6. The van der Waals surface area contributed by atoms with Crippen LogP contribution in [0.3, 0.4) is 0 Å². The molecule has 0 amide bonds.